The third-order valence-corrected chi connectivity index (χ3v) is 2.39. The predicted octanol–water partition coefficient (Wildman–Crippen LogP) is 2.81. The number of benzene rings is 1. The van der Waals surface area contributed by atoms with Crippen LogP contribution in [0.3, 0.4) is 0 Å². The fourth-order valence-corrected chi connectivity index (χ4v) is 1.51. The van der Waals surface area contributed by atoms with E-state index >= 15 is 0 Å². The van der Waals surface area contributed by atoms with Gasteiger partial charge in [-0.25, -0.2) is 4.85 Å². The first-order valence-corrected chi connectivity index (χ1v) is 5.44. The summed E-state index contributed by atoms with van der Waals surface area (Å²) in [5, 5.41) is 2.78. The average molecular weight is 237 g/mol. The smallest absolute Gasteiger partial charge is 0.228 e. The second kappa shape index (κ2) is 5.60. The van der Waals surface area contributed by atoms with E-state index in [0.717, 1.165) is 5.56 Å². The molecule has 1 aromatic heterocycles. The van der Waals surface area contributed by atoms with Crippen molar-refractivity contribution in [1.82, 2.24) is 4.98 Å². The van der Waals surface area contributed by atoms with E-state index in [2.05, 4.69) is 15.1 Å². The fraction of sp³-hybridized carbons (Fsp3) is 0.0714. The summed E-state index contributed by atoms with van der Waals surface area (Å²) in [7, 11) is 0. The molecule has 0 atom stereocenters. The van der Waals surface area contributed by atoms with Gasteiger partial charge >= 0.3 is 0 Å². The molecular formula is C14H11N3O. The van der Waals surface area contributed by atoms with Crippen molar-refractivity contribution in [3.05, 3.63) is 65.8 Å². The first-order chi connectivity index (χ1) is 8.78. The number of rotatable bonds is 3. The van der Waals surface area contributed by atoms with E-state index in [1.54, 1.807) is 36.7 Å². The Morgan fingerprint density at radius 2 is 1.83 bits per heavy atom. The molecule has 4 heteroatoms. The molecule has 0 fully saturated rings. The zero-order valence-electron chi connectivity index (χ0n) is 9.63. The Hall–Kier alpha value is -2.67. The third-order valence-electron chi connectivity index (χ3n) is 2.39. The van der Waals surface area contributed by atoms with Crippen LogP contribution in [-0.2, 0) is 11.2 Å². The summed E-state index contributed by atoms with van der Waals surface area (Å²) < 4.78 is 0. The lowest BCUT2D eigenvalue weighted by molar-refractivity contribution is -0.115. The number of nitrogens with one attached hydrogen (secondary N) is 1. The summed E-state index contributed by atoms with van der Waals surface area (Å²) in [4.78, 5) is 18.9. The molecule has 2 rings (SSSR count). The number of aromatic nitrogens is 1. The second-order valence-corrected chi connectivity index (χ2v) is 3.74. The van der Waals surface area contributed by atoms with E-state index in [9.17, 15) is 4.79 Å². The molecule has 18 heavy (non-hydrogen) atoms. The second-order valence-electron chi connectivity index (χ2n) is 3.74. The summed E-state index contributed by atoms with van der Waals surface area (Å²) in [6.45, 7) is 6.84. The van der Waals surface area contributed by atoms with Crippen LogP contribution in [0.2, 0.25) is 0 Å². The van der Waals surface area contributed by atoms with Crippen LogP contribution in [0.4, 0.5) is 11.4 Å². The summed E-state index contributed by atoms with van der Waals surface area (Å²) >= 11 is 0. The van der Waals surface area contributed by atoms with Crippen LogP contribution in [-0.4, -0.2) is 10.9 Å². The number of amides is 1. The van der Waals surface area contributed by atoms with Gasteiger partial charge in [0.05, 0.1) is 13.0 Å². The number of carbonyl (C=O) groups excluding carboxylic acids is 1. The molecule has 88 valence electrons. The number of pyridine rings is 1. The lowest BCUT2D eigenvalue weighted by atomic mass is 10.2. The Balaban J connectivity index is 1.97. The van der Waals surface area contributed by atoms with Crippen molar-refractivity contribution >= 4 is 17.3 Å². The minimum atomic E-state index is -0.0863. The van der Waals surface area contributed by atoms with Crippen LogP contribution in [0.1, 0.15) is 5.56 Å². The van der Waals surface area contributed by atoms with Gasteiger partial charge in [0.25, 0.3) is 0 Å². The third kappa shape index (κ3) is 3.16. The van der Waals surface area contributed by atoms with Gasteiger partial charge in [0, 0.05) is 18.1 Å². The van der Waals surface area contributed by atoms with Crippen molar-refractivity contribution in [3.63, 3.8) is 0 Å². The van der Waals surface area contributed by atoms with E-state index in [0.29, 0.717) is 17.8 Å². The van der Waals surface area contributed by atoms with E-state index in [1.807, 2.05) is 12.1 Å². The lowest BCUT2D eigenvalue weighted by Crippen LogP contribution is -2.14. The quantitative estimate of drug-likeness (QED) is 0.834. The highest BCUT2D eigenvalue weighted by molar-refractivity contribution is 5.92. The van der Waals surface area contributed by atoms with E-state index in [4.69, 9.17) is 6.57 Å². The van der Waals surface area contributed by atoms with Crippen molar-refractivity contribution in [3.8, 4) is 0 Å². The van der Waals surface area contributed by atoms with Gasteiger partial charge in [-0.05, 0) is 29.8 Å². The zero-order valence-corrected chi connectivity index (χ0v) is 9.63. The molecule has 1 heterocycles. The van der Waals surface area contributed by atoms with Gasteiger partial charge in [-0.2, -0.15) is 0 Å². The Morgan fingerprint density at radius 1 is 1.17 bits per heavy atom. The van der Waals surface area contributed by atoms with Gasteiger partial charge in [-0.1, -0.05) is 12.1 Å². The molecule has 0 spiro atoms. The minimum absolute atomic E-state index is 0.0863. The Kier molecular flexibility index (Phi) is 3.67. The maximum Gasteiger partial charge on any atom is 0.228 e. The van der Waals surface area contributed by atoms with Crippen molar-refractivity contribution in [1.29, 1.82) is 0 Å². The first kappa shape index (κ1) is 11.8. The van der Waals surface area contributed by atoms with E-state index < -0.39 is 0 Å². The molecule has 1 amide bonds. The van der Waals surface area contributed by atoms with Crippen molar-refractivity contribution < 1.29 is 4.79 Å². The molecule has 4 nitrogen and oxygen atoms in total. The van der Waals surface area contributed by atoms with Crippen LogP contribution < -0.4 is 5.32 Å². The number of hydrogen-bond donors (Lipinski definition) is 1. The highest BCUT2D eigenvalue weighted by Gasteiger charge is 2.03. The molecule has 2 aromatic rings. The van der Waals surface area contributed by atoms with Gasteiger partial charge in [0.15, 0.2) is 5.69 Å². The lowest BCUT2D eigenvalue weighted by Gasteiger charge is -2.05. The number of carbonyl (C=O) groups is 1. The van der Waals surface area contributed by atoms with E-state index in [-0.39, 0.29) is 5.91 Å². The molecule has 0 saturated carbocycles. The van der Waals surface area contributed by atoms with Crippen molar-refractivity contribution in [2.24, 2.45) is 0 Å². The summed E-state index contributed by atoms with van der Waals surface area (Å²) in [5.41, 5.74) is 2.17. The standard InChI is InChI=1S/C14H11N3O/c1-15-12-2-4-13(5-3-12)17-14(18)10-11-6-8-16-9-7-11/h2-9H,10H2,(H,17,18). The van der Waals surface area contributed by atoms with Gasteiger partial charge in [0.2, 0.25) is 5.91 Å². The van der Waals surface area contributed by atoms with Gasteiger partial charge in [-0.15, -0.1) is 0 Å². The number of hydrogen-bond acceptors (Lipinski definition) is 2. The van der Waals surface area contributed by atoms with Crippen LogP contribution in [0.15, 0.2) is 48.8 Å². The summed E-state index contributed by atoms with van der Waals surface area (Å²) in [5.74, 6) is -0.0863. The maximum atomic E-state index is 11.7. The normalized spacial score (nSPS) is 9.50. The first-order valence-electron chi connectivity index (χ1n) is 5.44. The Morgan fingerprint density at radius 3 is 2.44 bits per heavy atom. The van der Waals surface area contributed by atoms with Crippen LogP contribution in [0, 0.1) is 6.57 Å². The molecule has 0 aliphatic heterocycles. The largest absolute Gasteiger partial charge is 0.326 e. The molecule has 0 radical (unpaired) electrons. The SMILES string of the molecule is [C-]#[N+]c1ccc(NC(=O)Cc2ccncc2)cc1. The van der Waals surface area contributed by atoms with Crippen molar-refractivity contribution in [2.45, 2.75) is 6.42 Å². The highest BCUT2D eigenvalue weighted by Crippen LogP contribution is 2.16. The number of nitrogens with zero attached hydrogens (tertiary/aromatic N) is 2. The molecule has 0 aliphatic rings. The minimum Gasteiger partial charge on any atom is -0.326 e. The molecule has 0 bridgehead atoms. The van der Waals surface area contributed by atoms with E-state index in [1.165, 1.54) is 0 Å². The summed E-state index contributed by atoms with van der Waals surface area (Å²) in [6, 6.07) is 10.4. The van der Waals surface area contributed by atoms with Gasteiger partial charge in [-0.3, -0.25) is 9.78 Å². The van der Waals surface area contributed by atoms with Crippen molar-refractivity contribution in [2.75, 3.05) is 5.32 Å². The molecular weight excluding hydrogens is 226 g/mol. The highest BCUT2D eigenvalue weighted by atomic mass is 16.1. The maximum absolute atomic E-state index is 11.7. The Labute approximate surface area is 105 Å². The molecule has 0 unspecified atom stereocenters. The fourth-order valence-electron chi connectivity index (χ4n) is 1.51. The summed E-state index contributed by atoms with van der Waals surface area (Å²) in [6.07, 6.45) is 3.63. The average Bonchev–Trinajstić information content (AvgIpc) is 2.40. The molecule has 1 aromatic carbocycles. The van der Waals surface area contributed by atoms with Gasteiger partial charge in [0.1, 0.15) is 0 Å². The van der Waals surface area contributed by atoms with Crippen LogP contribution >= 0.6 is 0 Å². The number of anilines is 1. The molecule has 0 aliphatic carbocycles. The van der Waals surface area contributed by atoms with Crippen LogP contribution in [0.5, 0.6) is 0 Å². The monoisotopic (exact) mass is 237 g/mol. The zero-order chi connectivity index (χ0) is 12.8. The molecule has 0 saturated heterocycles. The molecule has 1 N–H and O–H groups in total. The topological polar surface area (TPSA) is 46.4 Å². The van der Waals surface area contributed by atoms with Gasteiger partial charge < -0.3 is 5.32 Å². The Bertz CT molecular complexity index is 570. The van der Waals surface area contributed by atoms with Crippen LogP contribution in [0.25, 0.3) is 4.85 Å². The predicted molar refractivity (Wildman–Crippen MR) is 69.3 cm³/mol.